The molecule has 0 aromatic heterocycles. The summed E-state index contributed by atoms with van der Waals surface area (Å²) in [7, 11) is 10.8. The molecule has 0 fully saturated rings. The van der Waals surface area contributed by atoms with Crippen LogP contribution in [0.1, 0.15) is 25.7 Å². The predicted octanol–water partition coefficient (Wildman–Crippen LogP) is 5.50. The number of hydrogen-bond acceptors (Lipinski definition) is 11. The topological polar surface area (TPSA) is 141 Å². The van der Waals surface area contributed by atoms with Gasteiger partial charge in [0, 0.05) is 70.0 Å². The maximum absolute atomic E-state index is 14.6. The smallest absolute Gasteiger partial charge is 0.258 e. The summed E-state index contributed by atoms with van der Waals surface area (Å²) in [5.41, 5.74) is 0.708. The van der Waals surface area contributed by atoms with Gasteiger partial charge in [-0.25, -0.2) is 0 Å². The molecule has 2 aromatic rings. The molecule has 2 amide bonds. The fourth-order valence-electron chi connectivity index (χ4n) is 6.78. The van der Waals surface area contributed by atoms with E-state index in [4.69, 9.17) is 42.6 Å². The fourth-order valence-corrected chi connectivity index (χ4v) is 12.1. The number of benzene rings is 2. The van der Waals surface area contributed by atoms with Crippen LogP contribution in [0.25, 0.3) is 0 Å². The molecule has 0 heterocycles. The minimum atomic E-state index is -3.41. The molecule has 0 aliphatic heterocycles. The number of rotatable bonds is 19. The highest BCUT2D eigenvalue weighted by Gasteiger charge is 2.63. The minimum absolute atomic E-state index is 0.0985. The SMILES string of the molecule is COC1=CC(OC)=C([P+](CC(=O)NCCCC(=O)Nc2ccccc2)(C2=C(OC)C=C(OC)C[C@@H]2OC)c2c(OC)cc(OC)cc2OC)[C@@H](OC)C1. The van der Waals surface area contributed by atoms with E-state index in [0.29, 0.717) is 81.2 Å². The maximum Gasteiger partial charge on any atom is 0.258 e. The van der Waals surface area contributed by atoms with Crippen molar-refractivity contribution in [2.24, 2.45) is 0 Å². The zero-order chi connectivity index (χ0) is 38.5. The van der Waals surface area contributed by atoms with Crippen LogP contribution in [-0.4, -0.2) is 101 Å². The molecule has 53 heavy (non-hydrogen) atoms. The number of methoxy groups -OCH3 is 9. The number of allylic oxidation sites excluding steroid dienone is 2. The number of amides is 2. The van der Waals surface area contributed by atoms with Gasteiger partial charge in [-0.05, 0) is 18.6 Å². The van der Waals surface area contributed by atoms with E-state index in [9.17, 15) is 9.59 Å². The first-order chi connectivity index (χ1) is 25.7. The van der Waals surface area contributed by atoms with E-state index in [1.165, 1.54) is 0 Å². The molecule has 2 atom stereocenters. The number of anilines is 1. The molecule has 2 aliphatic rings. The summed E-state index contributed by atoms with van der Waals surface area (Å²) in [4.78, 5) is 27.3. The van der Waals surface area contributed by atoms with Crippen LogP contribution in [0, 0.1) is 0 Å². The number of hydrogen-bond donors (Lipinski definition) is 2. The number of nitrogens with one attached hydrogen (secondary N) is 2. The van der Waals surface area contributed by atoms with Gasteiger partial charge in [-0.1, -0.05) is 18.2 Å². The zero-order valence-electron chi connectivity index (χ0n) is 32.0. The molecule has 0 spiro atoms. The standard InChI is InChI=1S/C39H51N2O11P/c1-44-26-18-29(47-4)37(30(19-26)48-5)53(38-31(49-6)20-27(45-2)21-32(38)50-7,39-33(51-8)22-28(46-3)23-34(39)52-9)24-36(43)40-17-13-16-35(42)41-25-14-11-10-12-15-25/h10-12,14-15,18-20,22,32,34H,13,16-17,21,23-24H2,1-9H3,(H-,40,41,42,43)/p+1/t32-,34-/m0/s1. The Morgan fingerprint density at radius 3 is 1.64 bits per heavy atom. The monoisotopic (exact) mass is 755 g/mol. The number of para-hydroxylation sites is 1. The predicted molar refractivity (Wildman–Crippen MR) is 204 cm³/mol. The molecular weight excluding hydrogens is 703 g/mol. The Bertz CT molecular complexity index is 1640. The molecule has 13 nitrogen and oxygen atoms in total. The average Bonchev–Trinajstić information content (AvgIpc) is 3.20. The van der Waals surface area contributed by atoms with Crippen molar-refractivity contribution in [1.29, 1.82) is 0 Å². The molecule has 288 valence electrons. The van der Waals surface area contributed by atoms with Crippen molar-refractivity contribution < 1.29 is 52.2 Å². The van der Waals surface area contributed by atoms with Crippen molar-refractivity contribution in [2.45, 2.75) is 37.9 Å². The van der Waals surface area contributed by atoms with Crippen LogP contribution in [-0.2, 0) is 38.0 Å². The van der Waals surface area contributed by atoms with Crippen molar-refractivity contribution in [3.8, 4) is 17.2 Å². The summed E-state index contributed by atoms with van der Waals surface area (Å²) < 4.78 is 54.2. The molecular formula is C39H52N2O11P+. The number of carbonyl (C=O) groups is 2. The second-order valence-electron chi connectivity index (χ2n) is 12.1. The Morgan fingerprint density at radius 2 is 1.21 bits per heavy atom. The van der Waals surface area contributed by atoms with E-state index >= 15 is 0 Å². The Labute approximate surface area is 312 Å². The van der Waals surface area contributed by atoms with Crippen LogP contribution < -0.4 is 30.1 Å². The van der Waals surface area contributed by atoms with Crippen molar-refractivity contribution in [2.75, 3.05) is 82.0 Å². The molecule has 0 saturated heterocycles. The molecule has 14 heteroatoms. The Balaban J connectivity index is 1.99. The second-order valence-corrected chi connectivity index (χ2v) is 15.5. The van der Waals surface area contributed by atoms with Crippen LogP contribution >= 0.6 is 7.26 Å². The first-order valence-electron chi connectivity index (χ1n) is 17.1. The maximum atomic E-state index is 14.6. The van der Waals surface area contributed by atoms with Gasteiger partial charge in [0.05, 0.1) is 49.8 Å². The Hall–Kier alpha value is -4.71. The minimum Gasteiger partial charge on any atom is -0.501 e. The van der Waals surface area contributed by atoms with Crippen LogP contribution in [0.2, 0.25) is 0 Å². The van der Waals surface area contributed by atoms with E-state index in [0.717, 1.165) is 0 Å². The first kappa shape index (κ1) is 41.1. The van der Waals surface area contributed by atoms with Crippen molar-refractivity contribution in [3.05, 3.63) is 88.3 Å². The van der Waals surface area contributed by atoms with E-state index in [1.807, 2.05) is 42.5 Å². The second kappa shape index (κ2) is 19.4. The zero-order valence-corrected chi connectivity index (χ0v) is 32.9. The van der Waals surface area contributed by atoms with Crippen LogP contribution in [0.4, 0.5) is 5.69 Å². The first-order valence-corrected chi connectivity index (χ1v) is 19.1. The average molecular weight is 756 g/mol. The van der Waals surface area contributed by atoms with E-state index in [2.05, 4.69) is 10.6 Å². The molecule has 2 aromatic carbocycles. The van der Waals surface area contributed by atoms with Gasteiger partial charge in [-0.15, -0.1) is 0 Å². The highest BCUT2D eigenvalue weighted by molar-refractivity contribution is 7.91. The van der Waals surface area contributed by atoms with Gasteiger partial charge in [-0.2, -0.15) is 0 Å². The molecule has 0 radical (unpaired) electrons. The Morgan fingerprint density at radius 1 is 0.679 bits per heavy atom. The van der Waals surface area contributed by atoms with Gasteiger partial charge in [0.2, 0.25) is 5.91 Å². The summed E-state index contributed by atoms with van der Waals surface area (Å²) in [5.74, 6) is 3.06. The van der Waals surface area contributed by atoms with Gasteiger partial charge >= 0.3 is 0 Å². The summed E-state index contributed by atoms with van der Waals surface area (Å²) >= 11 is 0. The lowest BCUT2D eigenvalue weighted by molar-refractivity contribution is -0.119. The third kappa shape index (κ3) is 9.09. The van der Waals surface area contributed by atoms with Crippen molar-refractivity contribution in [3.63, 3.8) is 0 Å². The van der Waals surface area contributed by atoms with Gasteiger partial charge in [0.25, 0.3) is 5.91 Å². The highest BCUT2D eigenvalue weighted by Crippen LogP contribution is 2.78. The van der Waals surface area contributed by atoms with E-state index < -0.39 is 19.5 Å². The molecule has 0 saturated carbocycles. The van der Waals surface area contributed by atoms with Crippen molar-refractivity contribution in [1.82, 2.24) is 5.32 Å². The van der Waals surface area contributed by atoms with Crippen LogP contribution in [0.15, 0.2) is 88.3 Å². The third-order valence-corrected chi connectivity index (χ3v) is 13.9. The molecule has 2 aliphatic carbocycles. The van der Waals surface area contributed by atoms with Crippen molar-refractivity contribution >= 4 is 30.1 Å². The van der Waals surface area contributed by atoms with Crippen LogP contribution in [0.3, 0.4) is 0 Å². The summed E-state index contributed by atoms with van der Waals surface area (Å²) in [6.45, 7) is 0.243. The third-order valence-electron chi connectivity index (χ3n) is 9.24. The van der Waals surface area contributed by atoms with Gasteiger partial charge in [0.15, 0.2) is 45.1 Å². The molecule has 4 rings (SSSR count). The lowest BCUT2D eigenvalue weighted by Gasteiger charge is -2.40. The normalized spacial score (nSPS) is 17.3. The summed E-state index contributed by atoms with van der Waals surface area (Å²) in [6.07, 6.45) is 3.60. The molecule has 0 bridgehead atoms. The summed E-state index contributed by atoms with van der Waals surface area (Å²) in [6, 6.07) is 12.8. The molecule has 0 unspecified atom stereocenters. The van der Waals surface area contributed by atoms with Gasteiger partial charge in [0.1, 0.15) is 36.7 Å². The largest absolute Gasteiger partial charge is 0.501 e. The molecule has 2 N–H and O–H groups in total. The van der Waals surface area contributed by atoms with Gasteiger partial charge in [-0.3, -0.25) is 9.59 Å². The lowest BCUT2D eigenvalue weighted by Crippen LogP contribution is -2.39. The number of ether oxygens (including phenoxy) is 9. The fraction of sp³-hybridized carbons (Fsp3) is 0.436. The quantitative estimate of drug-likeness (QED) is 0.139. The number of carbonyl (C=O) groups excluding carboxylic acids is 2. The Kier molecular flexibility index (Phi) is 15.0. The van der Waals surface area contributed by atoms with Gasteiger partial charge < -0.3 is 53.3 Å². The van der Waals surface area contributed by atoms with Crippen LogP contribution in [0.5, 0.6) is 17.2 Å². The van der Waals surface area contributed by atoms with E-state index in [1.54, 1.807) is 76.1 Å². The lowest BCUT2D eigenvalue weighted by atomic mass is 10.1. The summed E-state index contributed by atoms with van der Waals surface area (Å²) in [5, 5.41) is 7.97. The highest BCUT2D eigenvalue weighted by atomic mass is 31.2. The van der Waals surface area contributed by atoms with E-state index in [-0.39, 0.29) is 30.9 Å².